The molecular weight excluding hydrogens is 456 g/mol. The number of esters is 3. The van der Waals surface area contributed by atoms with Gasteiger partial charge in [-0.15, -0.1) is 0 Å². The van der Waals surface area contributed by atoms with Crippen LogP contribution in [-0.2, 0) is 40.6 Å². The van der Waals surface area contributed by atoms with Gasteiger partial charge in [0, 0.05) is 43.6 Å². The Balaban J connectivity index is 1.96. The summed E-state index contributed by atoms with van der Waals surface area (Å²) >= 11 is 0. The predicted molar refractivity (Wildman–Crippen MR) is 122 cm³/mol. The minimum Gasteiger partial charge on any atom is -0.469 e. The first-order valence-electron chi connectivity index (χ1n) is 12.1. The van der Waals surface area contributed by atoms with E-state index in [-0.39, 0.29) is 12.3 Å². The van der Waals surface area contributed by atoms with Gasteiger partial charge in [0.15, 0.2) is 18.3 Å². The van der Waals surface area contributed by atoms with Crippen LogP contribution < -0.4 is 0 Å². The summed E-state index contributed by atoms with van der Waals surface area (Å²) in [6, 6.07) is 1.77. The Hall–Kier alpha value is -2.39. The van der Waals surface area contributed by atoms with Crippen LogP contribution in [0.5, 0.6) is 0 Å². The molecule has 194 valence electrons. The number of rotatable bonds is 3. The molecule has 3 aliphatic carbocycles. The molecule has 2 N–H and O–H groups in total. The lowest BCUT2D eigenvalue weighted by molar-refractivity contribution is -0.339. The summed E-state index contributed by atoms with van der Waals surface area (Å²) in [5, 5.41) is 24.2. The smallest absolute Gasteiger partial charge is 0.303 e. The average molecular weight is 493 g/mol. The summed E-state index contributed by atoms with van der Waals surface area (Å²) in [5.74, 6) is -1.97. The monoisotopic (exact) mass is 492 g/mol. The van der Waals surface area contributed by atoms with Gasteiger partial charge in [-0.1, -0.05) is 20.8 Å². The largest absolute Gasteiger partial charge is 0.469 e. The summed E-state index contributed by atoms with van der Waals surface area (Å²) in [6.07, 6.45) is -0.725. The summed E-state index contributed by atoms with van der Waals surface area (Å²) in [7, 11) is 0. The molecule has 2 saturated carbocycles. The molecule has 4 rings (SSSR count). The molecule has 9 heteroatoms. The normalized spacial score (nSPS) is 41.6. The zero-order chi connectivity index (χ0) is 26.1. The lowest BCUT2D eigenvalue weighted by Gasteiger charge is -2.70. The highest BCUT2D eigenvalue weighted by atomic mass is 16.6. The number of carbonyl (C=O) groups is 3. The Morgan fingerprint density at radius 2 is 1.49 bits per heavy atom. The summed E-state index contributed by atoms with van der Waals surface area (Å²) in [4.78, 5) is 36.7. The third-order valence-corrected chi connectivity index (χ3v) is 9.24. The summed E-state index contributed by atoms with van der Waals surface area (Å²) in [6.45, 7) is 10.8. The van der Waals surface area contributed by atoms with Gasteiger partial charge in [-0.3, -0.25) is 14.4 Å². The second-order valence-electron chi connectivity index (χ2n) is 11.4. The summed E-state index contributed by atoms with van der Waals surface area (Å²) < 4.78 is 23.0. The minimum atomic E-state index is -1.52. The molecular formula is C26H36O9. The van der Waals surface area contributed by atoms with Crippen molar-refractivity contribution in [3.05, 3.63) is 23.7 Å². The van der Waals surface area contributed by atoms with E-state index in [1.54, 1.807) is 26.8 Å². The molecule has 35 heavy (non-hydrogen) atoms. The van der Waals surface area contributed by atoms with Crippen LogP contribution >= 0.6 is 0 Å². The molecule has 1 aromatic heterocycles. The van der Waals surface area contributed by atoms with Gasteiger partial charge in [0.25, 0.3) is 0 Å². The van der Waals surface area contributed by atoms with Crippen molar-refractivity contribution in [2.24, 2.45) is 22.7 Å². The van der Waals surface area contributed by atoms with Crippen molar-refractivity contribution >= 4 is 17.9 Å². The van der Waals surface area contributed by atoms with Gasteiger partial charge in [0.2, 0.25) is 0 Å². The fourth-order valence-electron chi connectivity index (χ4n) is 7.62. The first-order valence-corrected chi connectivity index (χ1v) is 12.1. The number of carbonyl (C=O) groups excluding carboxylic acids is 3. The first-order chi connectivity index (χ1) is 16.1. The SMILES string of the molecule is CC(=O)O[C@H]1[C@@H](OC(C)=O)C(C)(C)[C@]2(O)CC[C@@H]3[C@H](Cc4occc4[C@@]3(C)O)[C@@]2(C)[C@H]1OC(C)=O. The first kappa shape index (κ1) is 25.7. The van der Waals surface area contributed by atoms with E-state index in [2.05, 4.69) is 0 Å². The topological polar surface area (TPSA) is 132 Å². The van der Waals surface area contributed by atoms with Crippen molar-refractivity contribution in [1.82, 2.24) is 0 Å². The van der Waals surface area contributed by atoms with E-state index in [0.717, 1.165) is 0 Å². The van der Waals surface area contributed by atoms with Crippen LogP contribution in [0.4, 0.5) is 0 Å². The lowest BCUT2D eigenvalue weighted by Crippen LogP contribution is -2.79. The highest BCUT2D eigenvalue weighted by Gasteiger charge is 2.77. The van der Waals surface area contributed by atoms with Crippen molar-refractivity contribution in [3.63, 3.8) is 0 Å². The van der Waals surface area contributed by atoms with Crippen LogP contribution in [-0.4, -0.2) is 52.0 Å². The molecule has 0 unspecified atom stereocenters. The minimum absolute atomic E-state index is 0.253. The number of aliphatic hydroxyl groups is 2. The van der Waals surface area contributed by atoms with Gasteiger partial charge in [-0.2, -0.15) is 0 Å². The molecule has 1 heterocycles. The van der Waals surface area contributed by atoms with E-state index in [4.69, 9.17) is 18.6 Å². The Labute approximate surface area is 205 Å². The Bertz CT molecular complexity index is 1040. The van der Waals surface area contributed by atoms with Crippen LogP contribution in [0.3, 0.4) is 0 Å². The Morgan fingerprint density at radius 3 is 2.06 bits per heavy atom. The average Bonchev–Trinajstić information content (AvgIpc) is 3.20. The Morgan fingerprint density at radius 1 is 0.914 bits per heavy atom. The van der Waals surface area contributed by atoms with Gasteiger partial charge in [0.1, 0.15) is 5.76 Å². The van der Waals surface area contributed by atoms with Crippen molar-refractivity contribution in [3.8, 4) is 0 Å². The fraction of sp³-hybridized carbons (Fsp3) is 0.731. The molecule has 0 spiro atoms. The maximum Gasteiger partial charge on any atom is 0.303 e. The zero-order valence-corrected chi connectivity index (χ0v) is 21.4. The van der Waals surface area contributed by atoms with Crippen LogP contribution in [0, 0.1) is 22.7 Å². The molecule has 0 radical (unpaired) electrons. The third-order valence-electron chi connectivity index (χ3n) is 9.24. The van der Waals surface area contributed by atoms with Crippen molar-refractivity contribution in [1.29, 1.82) is 0 Å². The number of fused-ring (bicyclic) bond motifs is 4. The molecule has 0 saturated heterocycles. The number of furan rings is 1. The van der Waals surface area contributed by atoms with Gasteiger partial charge in [-0.25, -0.2) is 0 Å². The molecule has 0 bridgehead atoms. The van der Waals surface area contributed by atoms with Crippen LogP contribution in [0.25, 0.3) is 0 Å². The maximum atomic E-state index is 12.6. The highest BCUT2D eigenvalue weighted by Crippen LogP contribution is 2.68. The van der Waals surface area contributed by atoms with Crippen LogP contribution in [0.15, 0.2) is 16.7 Å². The van der Waals surface area contributed by atoms with E-state index in [1.165, 1.54) is 27.0 Å². The molecule has 0 aliphatic heterocycles. The summed E-state index contributed by atoms with van der Waals surface area (Å²) in [5.41, 5.74) is -4.36. The molecule has 9 nitrogen and oxygen atoms in total. The molecule has 0 aromatic carbocycles. The van der Waals surface area contributed by atoms with Crippen molar-refractivity contribution in [2.75, 3.05) is 0 Å². The van der Waals surface area contributed by atoms with E-state index in [0.29, 0.717) is 24.2 Å². The molecule has 0 amide bonds. The zero-order valence-electron chi connectivity index (χ0n) is 21.4. The number of hydrogen-bond acceptors (Lipinski definition) is 9. The second kappa shape index (κ2) is 8.06. The van der Waals surface area contributed by atoms with Gasteiger partial charge >= 0.3 is 17.9 Å². The molecule has 3 aliphatic rings. The maximum absolute atomic E-state index is 12.6. The quantitative estimate of drug-likeness (QED) is 0.483. The standard InChI is InChI=1S/C26H36O9/c1-13(27)33-20-21(34-14(2)28)23(4,5)26(31)10-8-16-18(24(26,6)22(20)35-15(3)29)12-19-17(9-11-32-19)25(16,7)30/h9,11,16,18,20-22,30-31H,8,10,12H2,1-7H3/t16-,18+,20+,21-,22+,24+,25+,26-/m1/s1. The van der Waals surface area contributed by atoms with Crippen LogP contribution in [0.2, 0.25) is 0 Å². The second-order valence-corrected chi connectivity index (χ2v) is 11.4. The fourth-order valence-corrected chi connectivity index (χ4v) is 7.62. The van der Waals surface area contributed by atoms with Crippen LogP contribution in [0.1, 0.15) is 72.6 Å². The van der Waals surface area contributed by atoms with E-state index in [9.17, 15) is 24.6 Å². The van der Waals surface area contributed by atoms with Gasteiger partial charge < -0.3 is 28.8 Å². The molecule has 8 atom stereocenters. The lowest BCUT2D eigenvalue weighted by atomic mass is 9.39. The highest BCUT2D eigenvalue weighted by molar-refractivity contribution is 5.69. The van der Waals surface area contributed by atoms with Crippen molar-refractivity contribution in [2.45, 2.75) is 97.2 Å². The Kier molecular flexibility index (Phi) is 5.92. The predicted octanol–water partition coefficient (Wildman–Crippen LogP) is 2.64. The van der Waals surface area contributed by atoms with Gasteiger partial charge in [0.05, 0.1) is 17.5 Å². The third kappa shape index (κ3) is 3.45. The van der Waals surface area contributed by atoms with E-state index in [1.807, 2.05) is 6.92 Å². The number of ether oxygens (including phenoxy) is 3. The molecule has 1 aromatic rings. The van der Waals surface area contributed by atoms with Gasteiger partial charge in [-0.05, 0) is 37.7 Å². The van der Waals surface area contributed by atoms with Crippen molar-refractivity contribution < 1.29 is 43.2 Å². The van der Waals surface area contributed by atoms with E-state index < -0.39 is 64.2 Å². The number of hydrogen-bond donors (Lipinski definition) is 2. The van der Waals surface area contributed by atoms with E-state index >= 15 is 0 Å². The molecule has 2 fully saturated rings.